The first kappa shape index (κ1) is 42.9. The third-order valence-corrected chi connectivity index (χ3v) is 10.1. The normalized spacial score (nSPS) is 11.2. The zero-order valence-corrected chi connectivity index (χ0v) is 34.5. The van der Waals surface area contributed by atoms with Gasteiger partial charge in [0.15, 0.2) is 0 Å². The summed E-state index contributed by atoms with van der Waals surface area (Å²) in [7, 11) is -2.73. The van der Waals surface area contributed by atoms with Gasteiger partial charge in [-0.2, -0.15) is 0 Å². The Morgan fingerprint density at radius 3 is 1.88 bits per heavy atom. The number of phenolic OH excluding ortho intramolecular Hbond substituents is 1. The van der Waals surface area contributed by atoms with Gasteiger partial charge in [0.1, 0.15) is 39.6 Å². The van der Waals surface area contributed by atoms with Gasteiger partial charge in [-0.25, -0.2) is 8.42 Å². The Morgan fingerprint density at radius 2 is 1.28 bits per heavy atom. The molecule has 3 N–H and O–H groups in total. The third kappa shape index (κ3) is 11.9. The molecule has 11 heteroatoms. The number of hydrogen-bond donors (Lipinski definition) is 4. The molecule has 5 rings (SSSR count). The van der Waals surface area contributed by atoms with Crippen molar-refractivity contribution in [3.8, 4) is 23.0 Å². The fourth-order valence-corrected chi connectivity index (χ4v) is 6.94. The van der Waals surface area contributed by atoms with Crippen LogP contribution in [0.3, 0.4) is 0 Å². The average Bonchev–Trinajstić information content (AvgIpc) is 3.17. The Bertz CT molecular complexity index is 2320. The Morgan fingerprint density at radius 1 is 0.719 bits per heavy atom. The number of ether oxygens (including phenoxy) is 3. The van der Waals surface area contributed by atoms with Crippen LogP contribution in [0.2, 0.25) is 0 Å². The number of fused-ring (bicyclic) bond motifs is 2. The van der Waals surface area contributed by atoms with Crippen LogP contribution >= 0.6 is 0 Å². The monoisotopic (exact) mass is 797 g/mol. The van der Waals surface area contributed by atoms with Gasteiger partial charge in [0.2, 0.25) is 16.3 Å². The zero-order chi connectivity index (χ0) is 40.9. The maximum Gasteiger partial charge on any atom is 0.222 e. The van der Waals surface area contributed by atoms with Gasteiger partial charge in [-0.1, -0.05) is 53.1 Å². The number of aromatic hydroxyl groups is 1. The quantitative estimate of drug-likeness (QED) is 0.0247. The number of phenols is 1. The van der Waals surface area contributed by atoms with E-state index >= 15 is 0 Å². The number of thiol groups is 1. The number of aryl methyl sites for hydroxylation is 2. The molecule has 0 saturated heterocycles. The van der Waals surface area contributed by atoms with Gasteiger partial charge in [-0.05, 0) is 121 Å². The van der Waals surface area contributed by atoms with Gasteiger partial charge in [-0.3, -0.25) is 9.52 Å². The van der Waals surface area contributed by atoms with E-state index in [2.05, 4.69) is 35.9 Å². The molecule has 1 heterocycles. The van der Waals surface area contributed by atoms with Gasteiger partial charge in [0, 0.05) is 28.9 Å². The molecule has 1 aromatic heterocycles. The number of aliphatic hydroxyl groups is 1. The molecule has 0 aliphatic rings. The van der Waals surface area contributed by atoms with E-state index in [9.17, 15) is 23.4 Å². The van der Waals surface area contributed by atoms with Crippen molar-refractivity contribution in [2.45, 2.75) is 92.6 Å². The van der Waals surface area contributed by atoms with Crippen molar-refractivity contribution in [2.24, 2.45) is 0 Å². The van der Waals surface area contributed by atoms with E-state index < -0.39 is 10.9 Å². The first-order valence-corrected chi connectivity index (χ1v) is 20.8. The number of unbranched alkanes of at least 4 members (excludes halogenated alkanes) is 3. The minimum atomic E-state index is -2.73. The molecular formula is C46H55NO9S. The van der Waals surface area contributed by atoms with E-state index in [-0.39, 0.29) is 34.3 Å². The predicted molar refractivity (Wildman–Crippen MR) is 229 cm³/mol. The second-order valence-corrected chi connectivity index (χ2v) is 15.5. The number of rotatable bonds is 21. The molecule has 10 nitrogen and oxygen atoms in total. The second kappa shape index (κ2) is 20.8. The van der Waals surface area contributed by atoms with Gasteiger partial charge in [-0.15, -0.1) is 0 Å². The first-order chi connectivity index (χ1) is 27.4. The number of anilines is 1. The number of hydrogen-bond acceptors (Lipinski definition) is 9. The Hall–Kier alpha value is -5.26. The fourth-order valence-electron chi connectivity index (χ4n) is 6.58. The molecule has 0 spiro atoms. The highest BCUT2D eigenvalue weighted by Crippen LogP contribution is 2.39. The molecule has 4 aromatic carbocycles. The smallest absolute Gasteiger partial charge is 0.222 e. The SMILES string of the molecule is CC(C)=CCc1c(OCCCCCc2ccc(C)cc2)cc2oc3cc(OCCCCOc4ccc(N[SH](=O)=O)cc4)c(CO)c(CC=C(C)C)c3c(=O)c2c1O. The predicted octanol–water partition coefficient (Wildman–Crippen LogP) is 9.44. The van der Waals surface area contributed by atoms with Crippen LogP contribution in [0.4, 0.5) is 5.69 Å². The van der Waals surface area contributed by atoms with E-state index in [1.54, 1.807) is 36.4 Å². The Kier molecular flexibility index (Phi) is 15.6. The maximum absolute atomic E-state index is 14.5. The molecule has 304 valence electrons. The summed E-state index contributed by atoms with van der Waals surface area (Å²) < 4.78 is 48.9. The Labute approximate surface area is 336 Å². The molecule has 57 heavy (non-hydrogen) atoms. The average molecular weight is 798 g/mol. The van der Waals surface area contributed by atoms with E-state index in [0.717, 1.165) is 36.8 Å². The summed E-state index contributed by atoms with van der Waals surface area (Å²) in [4.78, 5) is 14.5. The van der Waals surface area contributed by atoms with Crippen LogP contribution in [0.15, 0.2) is 93.2 Å². The molecular weight excluding hydrogens is 743 g/mol. The minimum absolute atomic E-state index is 0.0767. The summed E-state index contributed by atoms with van der Waals surface area (Å²) >= 11 is 0. The maximum atomic E-state index is 14.5. The van der Waals surface area contributed by atoms with Crippen LogP contribution < -0.4 is 24.4 Å². The molecule has 0 aliphatic carbocycles. The van der Waals surface area contributed by atoms with Crippen LogP contribution in [0.25, 0.3) is 21.9 Å². The van der Waals surface area contributed by atoms with E-state index in [1.165, 1.54) is 11.1 Å². The van der Waals surface area contributed by atoms with Crippen molar-refractivity contribution >= 4 is 38.5 Å². The van der Waals surface area contributed by atoms with E-state index in [4.69, 9.17) is 18.6 Å². The lowest BCUT2D eigenvalue weighted by Crippen LogP contribution is -2.11. The lowest BCUT2D eigenvalue weighted by Gasteiger charge is -2.18. The minimum Gasteiger partial charge on any atom is -0.507 e. The highest BCUT2D eigenvalue weighted by atomic mass is 32.2. The van der Waals surface area contributed by atoms with Crippen molar-refractivity contribution in [1.29, 1.82) is 0 Å². The van der Waals surface area contributed by atoms with Crippen molar-refractivity contribution in [3.05, 3.63) is 122 Å². The summed E-state index contributed by atoms with van der Waals surface area (Å²) in [5, 5.41) is 22.8. The lowest BCUT2D eigenvalue weighted by atomic mass is 9.95. The standard InChI is InChI=1S/C46H55NO9S/c1-30(2)12-22-36-38(29-48)40(55-26-10-9-24-53-35-20-18-34(19-21-35)47-57(51)52)28-41-43(36)46(50)44-42(56-41)27-39(37(45(44)49)23-13-31(3)4)54-25-8-6-7-11-33-16-14-32(5)15-17-33/h12-21,27-28,48-49,57H,6-11,22-26,29H2,1-5H3,(H,47,51,52). The van der Waals surface area contributed by atoms with Crippen LogP contribution in [0.5, 0.6) is 23.0 Å². The molecule has 0 fully saturated rings. The molecule has 0 amide bonds. The van der Waals surface area contributed by atoms with Gasteiger partial charge in [0.25, 0.3) is 0 Å². The summed E-state index contributed by atoms with van der Waals surface area (Å²) in [6, 6.07) is 18.6. The fraction of sp³-hybridized carbons (Fsp3) is 0.370. The molecule has 0 radical (unpaired) electrons. The first-order valence-electron chi connectivity index (χ1n) is 19.6. The number of nitrogens with one attached hydrogen (secondary N) is 1. The molecule has 0 unspecified atom stereocenters. The van der Waals surface area contributed by atoms with Crippen molar-refractivity contribution < 1.29 is 37.3 Å². The molecule has 0 atom stereocenters. The molecule has 5 aromatic rings. The highest BCUT2D eigenvalue weighted by molar-refractivity contribution is 7.73. The topological polar surface area (TPSA) is 145 Å². The third-order valence-electron chi connectivity index (χ3n) is 9.69. The van der Waals surface area contributed by atoms with Crippen molar-refractivity contribution in [1.82, 2.24) is 0 Å². The van der Waals surface area contributed by atoms with E-state index in [1.807, 2.05) is 39.8 Å². The summed E-state index contributed by atoms with van der Waals surface area (Å²) in [6.07, 6.45) is 9.87. The summed E-state index contributed by atoms with van der Waals surface area (Å²) in [6.45, 7) is 10.8. The summed E-state index contributed by atoms with van der Waals surface area (Å²) in [5.41, 5.74) is 6.85. The molecule has 0 bridgehead atoms. The van der Waals surface area contributed by atoms with Crippen LogP contribution in [0.1, 0.15) is 87.6 Å². The highest BCUT2D eigenvalue weighted by Gasteiger charge is 2.24. The summed E-state index contributed by atoms with van der Waals surface area (Å²) in [5.74, 6) is 1.34. The van der Waals surface area contributed by atoms with Gasteiger partial charge >= 0.3 is 0 Å². The number of allylic oxidation sites excluding steroid dienone is 4. The van der Waals surface area contributed by atoms with Crippen molar-refractivity contribution in [2.75, 3.05) is 24.5 Å². The number of aliphatic hydroxyl groups excluding tert-OH is 1. The van der Waals surface area contributed by atoms with Crippen molar-refractivity contribution in [3.63, 3.8) is 0 Å². The molecule has 0 saturated carbocycles. The Balaban J connectivity index is 1.38. The van der Waals surface area contributed by atoms with Crippen LogP contribution in [0, 0.1) is 6.92 Å². The number of benzene rings is 4. The largest absolute Gasteiger partial charge is 0.507 e. The lowest BCUT2D eigenvalue weighted by molar-refractivity contribution is 0.249. The second-order valence-electron chi connectivity index (χ2n) is 14.8. The van der Waals surface area contributed by atoms with Gasteiger partial charge in [0.05, 0.1) is 31.8 Å². The van der Waals surface area contributed by atoms with E-state index in [0.29, 0.717) is 90.5 Å². The zero-order valence-electron chi connectivity index (χ0n) is 33.6. The van der Waals surface area contributed by atoms with Crippen LogP contribution in [-0.4, -0.2) is 38.5 Å². The van der Waals surface area contributed by atoms with Gasteiger partial charge < -0.3 is 28.8 Å². The van der Waals surface area contributed by atoms with Crippen LogP contribution in [-0.2, 0) is 36.8 Å². The molecule has 0 aliphatic heterocycles.